The maximum Gasteiger partial charge on any atom is 0.253 e. The average Bonchev–Trinajstić information content (AvgIpc) is 2.66. The second-order valence-electron chi connectivity index (χ2n) is 5.97. The quantitative estimate of drug-likeness (QED) is 0.689. The van der Waals surface area contributed by atoms with Crippen LogP contribution in [-0.2, 0) is 4.79 Å². The number of nitrogens with zero attached hydrogens (tertiary/aromatic N) is 1. The summed E-state index contributed by atoms with van der Waals surface area (Å²) >= 11 is 5.33. The Labute approximate surface area is 165 Å². The summed E-state index contributed by atoms with van der Waals surface area (Å²) in [7, 11) is 4.67. The number of likely N-dealkylation sites (N-methyl/N-ethyl adjacent to an activating group) is 1. The van der Waals surface area contributed by atoms with Crippen LogP contribution >= 0.6 is 12.2 Å². The standard InChI is InChI=1S/C19H27N3O4S/c1-7-22(8-2)18(23)14-11(3)20-19(27)21-15(14)12-9-10-13(24-4)17(26-6)16(12)25-5/h9-10,15H,7-8H2,1-6H3,(H2,20,21,27)/t15-/m1/s1. The first-order valence-electron chi connectivity index (χ1n) is 8.79. The number of hydrogen-bond donors (Lipinski definition) is 2. The topological polar surface area (TPSA) is 72.1 Å². The van der Waals surface area contributed by atoms with E-state index in [-0.39, 0.29) is 5.91 Å². The van der Waals surface area contributed by atoms with Gasteiger partial charge in [0.25, 0.3) is 5.91 Å². The number of amides is 1. The molecule has 8 heteroatoms. The van der Waals surface area contributed by atoms with Gasteiger partial charge in [0.1, 0.15) is 0 Å². The van der Waals surface area contributed by atoms with Crippen molar-refractivity contribution in [3.63, 3.8) is 0 Å². The second-order valence-corrected chi connectivity index (χ2v) is 6.38. The van der Waals surface area contributed by atoms with Gasteiger partial charge in [0.15, 0.2) is 16.6 Å². The van der Waals surface area contributed by atoms with E-state index in [4.69, 9.17) is 26.4 Å². The van der Waals surface area contributed by atoms with Crippen LogP contribution < -0.4 is 24.8 Å². The second kappa shape index (κ2) is 8.94. The first-order chi connectivity index (χ1) is 12.9. The molecule has 0 unspecified atom stereocenters. The van der Waals surface area contributed by atoms with Gasteiger partial charge in [-0.15, -0.1) is 0 Å². The Morgan fingerprint density at radius 1 is 1.11 bits per heavy atom. The van der Waals surface area contributed by atoms with Crippen molar-refractivity contribution >= 4 is 23.2 Å². The summed E-state index contributed by atoms with van der Waals surface area (Å²) in [6.07, 6.45) is 0. The molecule has 1 aromatic carbocycles. The maximum atomic E-state index is 13.2. The summed E-state index contributed by atoms with van der Waals surface area (Å²) in [6, 6.07) is 3.17. The fourth-order valence-electron chi connectivity index (χ4n) is 3.24. The average molecular weight is 394 g/mol. The summed E-state index contributed by atoms with van der Waals surface area (Å²) in [5.41, 5.74) is 2.06. The van der Waals surface area contributed by atoms with Gasteiger partial charge < -0.3 is 29.7 Å². The highest BCUT2D eigenvalue weighted by molar-refractivity contribution is 7.80. The largest absolute Gasteiger partial charge is 0.493 e. The first-order valence-corrected chi connectivity index (χ1v) is 9.20. The van der Waals surface area contributed by atoms with Crippen molar-refractivity contribution in [2.45, 2.75) is 26.8 Å². The molecule has 7 nitrogen and oxygen atoms in total. The minimum absolute atomic E-state index is 0.0539. The summed E-state index contributed by atoms with van der Waals surface area (Å²) in [6.45, 7) is 7.00. The SMILES string of the molecule is CCN(CC)C(=O)C1=C(C)NC(=S)N[C@@H]1c1ccc(OC)c(OC)c1OC. The van der Waals surface area contributed by atoms with E-state index in [0.717, 1.165) is 11.3 Å². The monoisotopic (exact) mass is 393 g/mol. The molecule has 0 aromatic heterocycles. The van der Waals surface area contributed by atoms with Crippen LogP contribution in [-0.4, -0.2) is 50.3 Å². The number of benzene rings is 1. The highest BCUT2D eigenvalue weighted by Crippen LogP contribution is 2.44. The Balaban J connectivity index is 2.65. The molecule has 1 aromatic rings. The molecule has 1 atom stereocenters. The van der Waals surface area contributed by atoms with Gasteiger partial charge in [0.2, 0.25) is 5.75 Å². The van der Waals surface area contributed by atoms with E-state index in [1.165, 1.54) is 0 Å². The highest BCUT2D eigenvalue weighted by Gasteiger charge is 2.34. The number of hydrogen-bond acceptors (Lipinski definition) is 5. The van der Waals surface area contributed by atoms with E-state index in [1.807, 2.05) is 26.8 Å². The Kier molecular flexibility index (Phi) is 6.90. The van der Waals surface area contributed by atoms with E-state index in [9.17, 15) is 4.79 Å². The van der Waals surface area contributed by atoms with Gasteiger partial charge in [-0.05, 0) is 45.1 Å². The lowest BCUT2D eigenvalue weighted by atomic mass is 9.93. The number of ether oxygens (including phenoxy) is 3. The highest BCUT2D eigenvalue weighted by atomic mass is 32.1. The minimum atomic E-state index is -0.471. The molecule has 2 N–H and O–H groups in total. The Morgan fingerprint density at radius 3 is 2.26 bits per heavy atom. The van der Waals surface area contributed by atoms with Crippen molar-refractivity contribution in [3.8, 4) is 17.2 Å². The smallest absolute Gasteiger partial charge is 0.253 e. The van der Waals surface area contributed by atoms with Crippen LogP contribution in [0.3, 0.4) is 0 Å². The van der Waals surface area contributed by atoms with Crippen LogP contribution in [0.1, 0.15) is 32.4 Å². The third kappa shape index (κ3) is 3.95. The minimum Gasteiger partial charge on any atom is -0.493 e. The third-order valence-electron chi connectivity index (χ3n) is 4.60. The molecule has 0 fully saturated rings. The molecule has 0 aliphatic carbocycles. The van der Waals surface area contributed by atoms with Crippen LogP contribution in [0.2, 0.25) is 0 Å². The molecule has 148 valence electrons. The van der Waals surface area contributed by atoms with Crippen molar-refractivity contribution in [3.05, 3.63) is 29.0 Å². The van der Waals surface area contributed by atoms with Crippen LogP contribution in [0.25, 0.3) is 0 Å². The van der Waals surface area contributed by atoms with Gasteiger partial charge in [-0.2, -0.15) is 0 Å². The van der Waals surface area contributed by atoms with Crippen molar-refractivity contribution in [1.82, 2.24) is 15.5 Å². The number of methoxy groups -OCH3 is 3. The first kappa shape index (κ1) is 20.8. The predicted octanol–water partition coefficient (Wildman–Crippen LogP) is 2.37. The van der Waals surface area contributed by atoms with E-state index >= 15 is 0 Å². The lowest BCUT2D eigenvalue weighted by molar-refractivity contribution is -0.127. The fourth-order valence-corrected chi connectivity index (χ4v) is 3.51. The van der Waals surface area contributed by atoms with Gasteiger partial charge in [-0.1, -0.05) is 0 Å². The zero-order valence-corrected chi connectivity index (χ0v) is 17.5. The molecule has 0 spiro atoms. The summed E-state index contributed by atoms with van der Waals surface area (Å²) in [5.74, 6) is 1.46. The molecule has 1 aliphatic rings. The molecule has 27 heavy (non-hydrogen) atoms. The van der Waals surface area contributed by atoms with Crippen LogP contribution in [0, 0.1) is 0 Å². The van der Waals surface area contributed by atoms with Gasteiger partial charge in [0.05, 0.1) is 32.9 Å². The molecule has 1 aliphatic heterocycles. The molecule has 0 bridgehead atoms. The number of rotatable bonds is 7. The van der Waals surface area contributed by atoms with Gasteiger partial charge in [-0.3, -0.25) is 4.79 Å². The zero-order chi connectivity index (χ0) is 20.1. The number of allylic oxidation sites excluding steroid dienone is 1. The molecule has 0 saturated carbocycles. The van der Waals surface area contributed by atoms with E-state index in [1.54, 1.807) is 32.3 Å². The van der Waals surface area contributed by atoms with Gasteiger partial charge in [-0.25, -0.2) is 0 Å². The van der Waals surface area contributed by atoms with Gasteiger partial charge >= 0.3 is 0 Å². The Hall–Kier alpha value is -2.48. The van der Waals surface area contributed by atoms with E-state index in [2.05, 4.69) is 10.6 Å². The fraction of sp³-hybridized carbons (Fsp3) is 0.474. The molecule has 1 amide bonds. The van der Waals surface area contributed by atoms with E-state index < -0.39 is 6.04 Å². The maximum absolute atomic E-state index is 13.2. The van der Waals surface area contributed by atoms with E-state index in [0.29, 0.717) is 41.0 Å². The molecule has 2 rings (SSSR count). The lowest BCUT2D eigenvalue weighted by Crippen LogP contribution is -2.47. The molecular weight excluding hydrogens is 366 g/mol. The van der Waals surface area contributed by atoms with Crippen LogP contribution in [0.15, 0.2) is 23.4 Å². The molecule has 0 radical (unpaired) electrons. The Morgan fingerprint density at radius 2 is 1.74 bits per heavy atom. The van der Waals surface area contributed by atoms with Crippen molar-refractivity contribution in [2.24, 2.45) is 0 Å². The van der Waals surface area contributed by atoms with Crippen LogP contribution in [0.5, 0.6) is 17.2 Å². The number of carbonyl (C=O) groups is 1. The van der Waals surface area contributed by atoms with Crippen molar-refractivity contribution < 1.29 is 19.0 Å². The third-order valence-corrected chi connectivity index (χ3v) is 4.82. The number of thiocarbonyl (C=S) groups is 1. The molecule has 0 saturated heterocycles. The van der Waals surface area contributed by atoms with Crippen molar-refractivity contribution in [1.29, 1.82) is 0 Å². The normalized spacial score (nSPS) is 16.4. The van der Waals surface area contributed by atoms with Gasteiger partial charge in [0, 0.05) is 24.4 Å². The van der Waals surface area contributed by atoms with Crippen LogP contribution in [0.4, 0.5) is 0 Å². The zero-order valence-electron chi connectivity index (χ0n) is 16.6. The number of carbonyl (C=O) groups excluding carboxylic acids is 1. The molecular formula is C19H27N3O4S. The summed E-state index contributed by atoms with van der Waals surface area (Å²) in [5, 5.41) is 6.71. The summed E-state index contributed by atoms with van der Waals surface area (Å²) in [4.78, 5) is 15.0. The summed E-state index contributed by atoms with van der Waals surface area (Å²) < 4.78 is 16.5. The predicted molar refractivity (Wildman–Crippen MR) is 108 cm³/mol. The molecule has 1 heterocycles. The lowest BCUT2D eigenvalue weighted by Gasteiger charge is -2.33. The Bertz CT molecular complexity index is 760. The van der Waals surface area contributed by atoms with Crippen molar-refractivity contribution in [2.75, 3.05) is 34.4 Å². The number of nitrogens with one attached hydrogen (secondary N) is 2.